The summed E-state index contributed by atoms with van der Waals surface area (Å²) in [6.07, 6.45) is 0. The molecule has 8 heteroatoms. The number of fused-ring (bicyclic) bond motifs is 1. The Bertz CT molecular complexity index is 1520. The number of hydrazine groups is 1. The number of para-hydroxylation sites is 1. The molecule has 2 heterocycles. The number of carbonyl (C=O) groups is 2. The molecule has 2 N–H and O–H groups in total. The van der Waals surface area contributed by atoms with E-state index in [4.69, 9.17) is 8.83 Å². The number of benzene rings is 3. The second-order valence-electron chi connectivity index (χ2n) is 7.77. The van der Waals surface area contributed by atoms with Gasteiger partial charge in [0.1, 0.15) is 5.58 Å². The van der Waals surface area contributed by atoms with E-state index >= 15 is 0 Å². The van der Waals surface area contributed by atoms with Crippen molar-refractivity contribution < 1.29 is 18.4 Å². The molecule has 0 saturated heterocycles. The molecule has 0 aliphatic rings. The Kier molecular flexibility index (Phi) is 5.39. The van der Waals surface area contributed by atoms with Crippen molar-refractivity contribution in [1.29, 1.82) is 0 Å². The summed E-state index contributed by atoms with van der Waals surface area (Å²) in [5.74, 6) is -0.0804. The van der Waals surface area contributed by atoms with Crippen LogP contribution in [0.2, 0.25) is 0 Å². The van der Waals surface area contributed by atoms with Crippen molar-refractivity contribution in [1.82, 2.24) is 21.0 Å². The molecule has 5 aromatic rings. The van der Waals surface area contributed by atoms with E-state index < -0.39 is 11.8 Å². The molecule has 3 aromatic carbocycles. The Balaban J connectivity index is 1.26. The minimum atomic E-state index is -0.534. The molecule has 168 valence electrons. The second-order valence-corrected chi connectivity index (χ2v) is 7.77. The van der Waals surface area contributed by atoms with Gasteiger partial charge in [-0.25, -0.2) is 0 Å². The van der Waals surface area contributed by atoms with Gasteiger partial charge in [-0.05, 0) is 55.8 Å². The Labute approximate surface area is 194 Å². The molecule has 5 rings (SSSR count). The van der Waals surface area contributed by atoms with Gasteiger partial charge in [0.2, 0.25) is 11.8 Å². The van der Waals surface area contributed by atoms with E-state index in [1.807, 2.05) is 49.4 Å². The van der Waals surface area contributed by atoms with E-state index in [2.05, 4.69) is 21.0 Å². The molecule has 2 aromatic heterocycles. The molecule has 0 aliphatic carbocycles. The molecule has 0 aliphatic heterocycles. The predicted molar refractivity (Wildman–Crippen MR) is 126 cm³/mol. The third-order valence-corrected chi connectivity index (χ3v) is 5.53. The summed E-state index contributed by atoms with van der Waals surface area (Å²) in [6, 6.07) is 21.7. The summed E-state index contributed by atoms with van der Waals surface area (Å²) in [5.41, 5.74) is 9.05. The maximum absolute atomic E-state index is 12.5. The van der Waals surface area contributed by atoms with Crippen LogP contribution in [-0.2, 0) is 0 Å². The smallest absolute Gasteiger partial charge is 0.305 e. The SMILES string of the molecule is Cc1ccccc1-c1nnc(-c2ccc(C(=O)NNC(=O)c3oc4ccccc4c3C)cc2)o1. The lowest BCUT2D eigenvalue weighted by molar-refractivity contribution is 0.0831. The highest BCUT2D eigenvalue weighted by Gasteiger charge is 2.18. The van der Waals surface area contributed by atoms with Crippen molar-refractivity contribution in [2.45, 2.75) is 13.8 Å². The third-order valence-electron chi connectivity index (χ3n) is 5.53. The maximum Gasteiger partial charge on any atom is 0.305 e. The first-order valence-corrected chi connectivity index (χ1v) is 10.6. The average molecular weight is 452 g/mol. The van der Waals surface area contributed by atoms with Crippen LogP contribution in [0.15, 0.2) is 81.6 Å². The number of furan rings is 1. The monoisotopic (exact) mass is 452 g/mol. The molecule has 34 heavy (non-hydrogen) atoms. The van der Waals surface area contributed by atoms with Crippen LogP contribution >= 0.6 is 0 Å². The fraction of sp³-hybridized carbons (Fsp3) is 0.0769. The summed E-state index contributed by atoms with van der Waals surface area (Å²) in [7, 11) is 0. The van der Waals surface area contributed by atoms with E-state index in [0.29, 0.717) is 34.1 Å². The number of aromatic nitrogens is 2. The maximum atomic E-state index is 12.5. The molecule has 0 radical (unpaired) electrons. The average Bonchev–Trinajstić information content (AvgIpc) is 3.48. The van der Waals surface area contributed by atoms with Gasteiger partial charge in [-0.15, -0.1) is 10.2 Å². The summed E-state index contributed by atoms with van der Waals surface area (Å²) in [5, 5.41) is 9.09. The molecule has 0 unspecified atom stereocenters. The van der Waals surface area contributed by atoms with Gasteiger partial charge in [0.25, 0.3) is 5.91 Å². The van der Waals surface area contributed by atoms with Crippen LogP contribution in [0.4, 0.5) is 0 Å². The molecule has 0 atom stereocenters. The van der Waals surface area contributed by atoms with Crippen LogP contribution in [0.3, 0.4) is 0 Å². The van der Waals surface area contributed by atoms with Gasteiger partial charge in [0, 0.05) is 27.6 Å². The van der Waals surface area contributed by atoms with Gasteiger partial charge in [0.15, 0.2) is 5.76 Å². The van der Waals surface area contributed by atoms with Crippen LogP contribution in [0.1, 0.15) is 32.0 Å². The highest BCUT2D eigenvalue weighted by molar-refractivity contribution is 6.01. The lowest BCUT2D eigenvalue weighted by Gasteiger charge is -2.07. The van der Waals surface area contributed by atoms with Crippen molar-refractivity contribution >= 4 is 22.8 Å². The van der Waals surface area contributed by atoms with Gasteiger partial charge >= 0.3 is 5.91 Å². The van der Waals surface area contributed by atoms with Crippen molar-refractivity contribution in [2.75, 3.05) is 0 Å². The summed E-state index contributed by atoms with van der Waals surface area (Å²) >= 11 is 0. The predicted octanol–water partition coefficient (Wildman–Crippen LogP) is 4.84. The fourth-order valence-electron chi connectivity index (χ4n) is 3.66. The second kappa shape index (κ2) is 8.67. The topological polar surface area (TPSA) is 110 Å². The molecule has 0 bridgehead atoms. The van der Waals surface area contributed by atoms with Crippen LogP contribution in [0, 0.1) is 13.8 Å². The number of nitrogens with one attached hydrogen (secondary N) is 2. The number of carbonyl (C=O) groups excluding carboxylic acids is 2. The van der Waals surface area contributed by atoms with Gasteiger partial charge in [-0.3, -0.25) is 20.4 Å². The highest BCUT2D eigenvalue weighted by Crippen LogP contribution is 2.26. The molecule has 2 amide bonds. The van der Waals surface area contributed by atoms with E-state index in [9.17, 15) is 9.59 Å². The van der Waals surface area contributed by atoms with Gasteiger partial charge < -0.3 is 8.83 Å². The Morgan fingerprint density at radius 1 is 0.735 bits per heavy atom. The normalized spacial score (nSPS) is 10.9. The third kappa shape index (κ3) is 3.93. The van der Waals surface area contributed by atoms with Gasteiger partial charge in [-0.2, -0.15) is 0 Å². The standard InChI is InChI=1S/C26H20N4O4/c1-15-7-3-4-8-19(15)26-30-29-25(34-26)18-13-11-17(12-14-18)23(31)27-28-24(32)22-16(2)20-9-5-6-10-21(20)33-22/h3-14H,1-2H3,(H,27,31)(H,28,32). The molecule has 0 spiro atoms. The number of hydrogen-bond acceptors (Lipinski definition) is 6. The zero-order chi connectivity index (χ0) is 23.7. The number of rotatable bonds is 4. The Morgan fingerprint density at radius 3 is 2.18 bits per heavy atom. The van der Waals surface area contributed by atoms with Crippen LogP contribution in [0.25, 0.3) is 33.9 Å². The van der Waals surface area contributed by atoms with E-state index in [-0.39, 0.29) is 5.76 Å². The minimum absolute atomic E-state index is 0.151. The van der Waals surface area contributed by atoms with E-state index in [1.165, 1.54) is 0 Å². The minimum Gasteiger partial charge on any atom is -0.451 e. The molecule has 0 fully saturated rings. The van der Waals surface area contributed by atoms with Gasteiger partial charge in [0.05, 0.1) is 0 Å². The summed E-state index contributed by atoms with van der Waals surface area (Å²) in [4.78, 5) is 25.0. The van der Waals surface area contributed by atoms with Crippen LogP contribution in [-0.4, -0.2) is 22.0 Å². The number of aryl methyl sites for hydroxylation is 2. The van der Waals surface area contributed by atoms with Crippen molar-refractivity contribution in [3.63, 3.8) is 0 Å². The number of nitrogens with zero attached hydrogens (tertiary/aromatic N) is 2. The van der Waals surface area contributed by atoms with Gasteiger partial charge in [-0.1, -0.05) is 36.4 Å². The molecular formula is C26H20N4O4. The Morgan fingerprint density at radius 2 is 1.41 bits per heavy atom. The van der Waals surface area contributed by atoms with Crippen molar-refractivity contribution in [3.8, 4) is 22.9 Å². The summed E-state index contributed by atoms with van der Waals surface area (Å²) in [6.45, 7) is 3.77. The number of hydrogen-bond donors (Lipinski definition) is 2. The summed E-state index contributed by atoms with van der Waals surface area (Å²) < 4.78 is 11.4. The zero-order valence-electron chi connectivity index (χ0n) is 18.5. The first-order chi connectivity index (χ1) is 16.5. The molecule has 8 nitrogen and oxygen atoms in total. The lowest BCUT2D eigenvalue weighted by Crippen LogP contribution is -2.41. The van der Waals surface area contributed by atoms with E-state index in [0.717, 1.165) is 16.5 Å². The zero-order valence-corrected chi connectivity index (χ0v) is 18.5. The first kappa shape index (κ1) is 21.1. The van der Waals surface area contributed by atoms with Crippen molar-refractivity contribution in [3.05, 3.63) is 95.2 Å². The fourth-order valence-corrected chi connectivity index (χ4v) is 3.66. The van der Waals surface area contributed by atoms with Crippen LogP contribution in [0.5, 0.6) is 0 Å². The number of amides is 2. The highest BCUT2D eigenvalue weighted by atomic mass is 16.4. The quantitative estimate of drug-likeness (QED) is 0.378. The lowest BCUT2D eigenvalue weighted by atomic mass is 10.1. The van der Waals surface area contributed by atoms with Crippen LogP contribution < -0.4 is 10.9 Å². The molecule has 0 saturated carbocycles. The first-order valence-electron chi connectivity index (χ1n) is 10.6. The Hall–Kier alpha value is -4.72. The van der Waals surface area contributed by atoms with Crippen molar-refractivity contribution in [2.24, 2.45) is 0 Å². The van der Waals surface area contributed by atoms with E-state index in [1.54, 1.807) is 37.3 Å². The largest absolute Gasteiger partial charge is 0.451 e. The molecular weight excluding hydrogens is 432 g/mol.